The molecule has 0 aliphatic heterocycles. The Bertz CT molecular complexity index is 1160. The van der Waals surface area contributed by atoms with Crippen molar-refractivity contribution in [3.8, 4) is 5.75 Å². The minimum atomic E-state index is -0.613. The highest BCUT2D eigenvalue weighted by molar-refractivity contribution is 5.86. The molecule has 5 heteroatoms. The normalized spacial score (nSPS) is 11.2. The van der Waals surface area contributed by atoms with E-state index < -0.39 is 11.6 Å². The van der Waals surface area contributed by atoms with Crippen molar-refractivity contribution in [3.63, 3.8) is 0 Å². The first-order chi connectivity index (χ1) is 13.9. The van der Waals surface area contributed by atoms with Crippen LogP contribution in [0, 0.1) is 32.4 Å². The summed E-state index contributed by atoms with van der Waals surface area (Å²) in [5.74, 6) is -0.584. The Kier molecular flexibility index (Phi) is 5.05. The Hall–Kier alpha value is -3.21. The van der Waals surface area contributed by atoms with Gasteiger partial charge in [0, 0.05) is 30.6 Å². The molecule has 2 heterocycles. The van der Waals surface area contributed by atoms with Gasteiger partial charge >= 0.3 is 0 Å². The minimum Gasteiger partial charge on any atom is -0.487 e. The number of rotatable bonds is 5. The van der Waals surface area contributed by atoms with Crippen LogP contribution in [0.4, 0.5) is 8.78 Å². The molecule has 0 amide bonds. The predicted molar refractivity (Wildman–Crippen MR) is 110 cm³/mol. The molecule has 0 aliphatic carbocycles. The maximum atomic E-state index is 13.5. The Labute approximate surface area is 168 Å². The maximum absolute atomic E-state index is 13.5. The van der Waals surface area contributed by atoms with Crippen molar-refractivity contribution in [2.75, 3.05) is 0 Å². The summed E-state index contributed by atoms with van der Waals surface area (Å²) in [6, 6.07) is 13.6. The predicted octanol–water partition coefficient (Wildman–Crippen LogP) is 5.87. The fourth-order valence-corrected chi connectivity index (χ4v) is 3.56. The van der Waals surface area contributed by atoms with Crippen LogP contribution in [-0.2, 0) is 13.2 Å². The molecular formula is C24H22F2N2O. The largest absolute Gasteiger partial charge is 0.487 e. The summed E-state index contributed by atoms with van der Waals surface area (Å²) < 4.78 is 35.1. The van der Waals surface area contributed by atoms with E-state index in [9.17, 15) is 8.78 Å². The van der Waals surface area contributed by atoms with Crippen molar-refractivity contribution in [2.45, 2.75) is 33.9 Å². The maximum Gasteiger partial charge on any atom is 0.147 e. The van der Waals surface area contributed by atoms with Crippen LogP contribution < -0.4 is 4.74 Å². The molecule has 0 fully saturated rings. The number of ether oxygens (including phenoxy) is 1. The van der Waals surface area contributed by atoms with E-state index >= 15 is 0 Å². The van der Waals surface area contributed by atoms with E-state index in [4.69, 9.17) is 4.74 Å². The van der Waals surface area contributed by atoms with Gasteiger partial charge in [0.25, 0.3) is 0 Å². The number of hydrogen-bond acceptors (Lipinski definition) is 2. The molecule has 29 heavy (non-hydrogen) atoms. The third-order valence-corrected chi connectivity index (χ3v) is 5.24. The van der Waals surface area contributed by atoms with Gasteiger partial charge < -0.3 is 9.30 Å². The third-order valence-electron chi connectivity index (χ3n) is 5.24. The van der Waals surface area contributed by atoms with Crippen molar-refractivity contribution in [3.05, 3.63) is 94.3 Å². The summed E-state index contributed by atoms with van der Waals surface area (Å²) >= 11 is 0. The Morgan fingerprint density at radius 3 is 2.28 bits per heavy atom. The van der Waals surface area contributed by atoms with E-state index in [1.165, 1.54) is 23.3 Å². The first-order valence-electron chi connectivity index (χ1n) is 9.50. The van der Waals surface area contributed by atoms with Crippen molar-refractivity contribution < 1.29 is 13.5 Å². The highest BCUT2D eigenvalue weighted by atomic mass is 19.1. The first kappa shape index (κ1) is 19.1. The second-order valence-corrected chi connectivity index (χ2v) is 7.35. The molecular weight excluding hydrogens is 370 g/mol. The molecule has 148 valence electrons. The Morgan fingerprint density at radius 1 is 0.897 bits per heavy atom. The fraction of sp³-hybridized carbons (Fsp3) is 0.208. The SMILES string of the molecule is Cc1ccc(Cn2c(C)c(C)c3nccc(OCc4cc(F)cc(F)c4)c32)cc1. The van der Waals surface area contributed by atoms with Gasteiger partial charge in [-0.05, 0) is 49.6 Å². The number of pyridine rings is 1. The van der Waals surface area contributed by atoms with Crippen LogP contribution >= 0.6 is 0 Å². The van der Waals surface area contributed by atoms with Crippen LogP contribution in [0.1, 0.15) is 27.9 Å². The molecule has 0 saturated heterocycles. The van der Waals surface area contributed by atoms with Gasteiger partial charge in [0.05, 0.1) is 5.52 Å². The molecule has 0 spiro atoms. The summed E-state index contributed by atoms with van der Waals surface area (Å²) in [5, 5.41) is 0. The molecule has 0 saturated carbocycles. The summed E-state index contributed by atoms with van der Waals surface area (Å²) in [6.07, 6.45) is 1.70. The zero-order valence-corrected chi connectivity index (χ0v) is 16.7. The van der Waals surface area contributed by atoms with E-state index in [0.29, 0.717) is 17.9 Å². The quantitative estimate of drug-likeness (QED) is 0.425. The zero-order valence-electron chi connectivity index (χ0n) is 16.7. The van der Waals surface area contributed by atoms with Gasteiger partial charge in [-0.3, -0.25) is 4.98 Å². The van der Waals surface area contributed by atoms with Gasteiger partial charge in [-0.15, -0.1) is 0 Å². The van der Waals surface area contributed by atoms with Gasteiger partial charge in [-0.2, -0.15) is 0 Å². The molecule has 0 atom stereocenters. The third kappa shape index (κ3) is 3.86. The highest BCUT2D eigenvalue weighted by Gasteiger charge is 2.17. The molecule has 3 nitrogen and oxygen atoms in total. The lowest BCUT2D eigenvalue weighted by atomic mass is 10.1. The molecule has 0 N–H and O–H groups in total. The van der Waals surface area contributed by atoms with Gasteiger partial charge in [0.1, 0.15) is 29.5 Å². The van der Waals surface area contributed by atoms with Crippen LogP contribution in [0.2, 0.25) is 0 Å². The Morgan fingerprint density at radius 2 is 1.59 bits per heavy atom. The number of aromatic nitrogens is 2. The molecule has 0 radical (unpaired) electrons. The summed E-state index contributed by atoms with van der Waals surface area (Å²) in [7, 11) is 0. The molecule has 0 aliphatic rings. The van der Waals surface area contributed by atoms with Crippen molar-refractivity contribution >= 4 is 11.0 Å². The monoisotopic (exact) mass is 392 g/mol. The number of halogens is 2. The van der Waals surface area contributed by atoms with Crippen molar-refractivity contribution in [1.82, 2.24) is 9.55 Å². The number of nitrogens with zero attached hydrogens (tertiary/aromatic N) is 2. The molecule has 0 bridgehead atoms. The number of benzene rings is 2. The molecule has 4 rings (SSSR count). The van der Waals surface area contributed by atoms with E-state index in [-0.39, 0.29) is 6.61 Å². The average molecular weight is 392 g/mol. The van der Waals surface area contributed by atoms with Crippen LogP contribution in [0.3, 0.4) is 0 Å². The van der Waals surface area contributed by atoms with Crippen LogP contribution in [0.15, 0.2) is 54.7 Å². The van der Waals surface area contributed by atoms with Crippen molar-refractivity contribution in [2.24, 2.45) is 0 Å². The molecule has 2 aromatic carbocycles. The number of hydrogen-bond donors (Lipinski definition) is 0. The van der Waals surface area contributed by atoms with E-state index in [1.807, 2.05) is 6.92 Å². The lowest BCUT2D eigenvalue weighted by Gasteiger charge is -2.13. The van der Waals surface area contributed by atoms with Crippen LogP contribution in [0.5, 0.6) is 5.75 Å². The van der Waals surface area contributed by atoms with Gasteiger partial charge in [0.15, 0.2) is 0 Å². The van der Waals surface area contributed by atoms with E-state index in [2.05, 4.69) is 47.7 Å². The first-order valence-corrected chi connectivity index (χ1v) is 9.50. The number of aryl methyl sites for hydroxylation is 2. The Balaban J connectivity index is 1.72. The van der Waals surface area contributed by atoms with Gasteiger partial charge in [-0.1, -0.05) is 29.8 Å². The zero-order chi connectivity index (χ0) is 20.5. The summed E-state index contributed by atoms with van der Waals surface area (Å²) in [6.45, 7) is 6.93. The number of fused-ring (bicyclic) bond motifs is 1. The average Bonchev–Trinajstić information content (AvgIpc) is 2.93. The smallest absolute Gasteiger partial charge is 0.147 e. The molecule has 2 aromatic heterocycles. The second kappa shape index (κ2) is 7.66. The summed E-state index contributed by atoms with van der Waals surface area (Å²) in [5.41, 5.74) is 6.80. The fourth-order valence-electron chi connectivity index (χ4n) is 3.56. The van der Waals surface area contributed by atoms with E-state index in [1.54, 1.807) is 12.3 Å². The molecule has 4 aromatic rings. The van der Waals surface area contributed by atoms with Crippen LogP contribution in [-0.4, -0.2) is 9.55 Å². The highest BCUT2D eigenvalue weighted by Crippen LogP contribution is 2.32. The van der Waals surface area contributed by atoms with E-state index in [0.717, 1.165) is 28.4 Å². The van der Waals surface area contributed by atoms with Gasteiger partial charge in [0.2, 0.25) is 0 Å². The lowest BCUT2D eigenvalue weighted by Crippen LogP contribution is -2.04. The van der Waals surface area contributed by atoms with Crippen LogP contribution in [0.25, 0.3) is 11.0 Å². The molecule has 0 unspecified atom stereocenters. The standard InChI is InChI=1S/C24H22F2N2O/c1-15-4-6-18(7-5-15)13-28-17(3)16(2)23-24(28)22(8-9-27-23)29-14-19-10-20(25)12-21(26)11-19/h4-12H,13-14H2,1-3H3. The topological polar surface area (TPSA) is 27.1 Å². The van der Waals surface area contributed by atoms with Gasteiger partial charge in [-0.25, -0.2) is 8.78 Å². The lowest BCUT2D eigenvalue weighted by molar-refractivity contribution is 0.307. The van der Waals surface area contributed by atoms with Crippen molar-refractivity contribution in [1.29, 1.82) is 0 Å². The second-order valence-electron chi connectivity index (χ2n) is 7.35. The minimum absolute atomic E-state index is 0.0710. The summed E-state index contributed by atoms with van der Waals surface area (Å²) in [4.78, 5) is 4.54.